The molecule has 1 aliphatic heterocycles. The molecule has 1 saturated heterocycles. The molecule has 5 N–H and O–H groups in total. The highest BCUT2D eigenvalue weighted by Gasteiger charge is 2.42. The van der Waals surface area contributed by atoms with E-state index in [-0.39, 0.29) is 48.1 Å². The lowest BCUT2D eigenvalue weighted by Crippen LogP contribution is -2.47. The highest BCUT2D eigenvalue weighted by Crippen LogP contribution is 2.47. The van der Waals surface area contributed by atoms with Crippen LogP contribution in [-0.4, -0.2) is 86.7 Å². The number of Topliss-reactive ketones (excluding diaryl/α,β-unsaturated/α-hetero) is 1. The Balaban J connectivity index is 0.884. The molecule has 384 valence electrons. The molecule has 6 rings (SSSR count). The Labute approximate surface area is 435 Å². The number of hydrogen-bond donors (Lipinski definition) is 5. The van der Waals surface area contributed by atoms with Gasteiger partial charge in [0.1, 0.15) is 11.8 Å². The number of aromatic nitrogens is 2. The molecule has 2 fully saturated rings. The van der Waals surface area contributed by atoms with Crippen LogP contribution >= 0.6 is 56.6 Å². The van der Waals surface area contributed by atoms with E-state index in [1.807, 2.05) is 11.8 Å². The average Bonchev–Trinajstić information content (AvgIpc) is 4.02. The molecule has 5 amide bonds. The maximum atomic E-state index is 13.6. The van der Waals surface area contributed by atoms with E-state index in [2.05, 4.69) is 41.9 Å². The molecule has 0 bridgehead atoms. The second-order valence-corrected chi connectivity index (χ2v) is 22.0. The van der Waals surface area contributed by atoms with Gasteiger partial charge in [-0.1, -0.05) is 74.5 Å². The number of hydrazine groups is 1. The third-order valence-electron chi connectivity index (χ3n) is 12.0. The Kier molecular flexibility index (Phi) is 21.4. The summed E-state index contributed by atoms with van der Waals surface area (Å²) in [6.07, 6.45) is 3.88. The smallest absolute Gasteiger partial charge is 0.356 e. The van der Waals surface area contributed by atoms with Crippen LogP contribution < -0.4 is 26.8 Å². The summed E-state index contributed by atoms with van der Waals surface area (Å²) in [6.45, 7) is 0.711. The van der Waals surface area contributed by atoms with Crippen molar-refractivity contribution in [2.24, 2.45) is 17.0 Å². The van der Waals surface area contributed by atoms with Crippen molar-refractivity contribution < 1.29 is 41.9 Å². The summed E-state index contributed by atoms with van der Waals surface area (Å²) in [5, 5.41) is 18.1. The molecule has 0 spiro atoms. The van der Waals surface area contributed by atoms with E-state index in [4.69, 9.17) is 28.7 Å². The molecule has 1 saturated carbocycles. The van der Waals surface area contributed by atoms with Gasteiger partial charge in [-0.3, -0.25) is 44.3 Å². The molecule has 1 aromatic heterocycles. The number of carbonyl (C=O) groups excluding carboxylic acids is 6. The summed E-state index contributed by atoms with van der Waals surface area (Å²) in [4.78, 5) is 78.7. The number of nitrogens with zero attached hydrogens (tertiary/aromatic N) is 5. The summed E-state index contributed by atoms with van der Waals surface area (Å²) < 4.78 is 42.2. The number of thioether (sulfide) groups is 1. The molecule has 72 heavy (non-hydrogen) atoms. The molecule has 3 aromatic carbocycles. The number of unbranched alkanes of at least 4 members (excludes halogenated alkanes) is 2. The van der Waals surface area contributed by atoms with Gasteiger partial charge in [0.15, 0.2) is 0 Å². The number of halogens is 5. The predicted octanol–water partition coefficient (Wildman–Crippen LogP) is 9.76. The van der Waals surface area contributed by atoms with Crippen LogP contribution in [-0.2, 0) is 36.7 Å². The maximum Gasteiger partial charge on any atom is 0.416 e. The molecule has 0 radical (unpaired) electrons. The number of hydrogen-bond acceptors (Lipinski definition) is 11. The number of alkyl halides is 3. The van der Waals surface area contributed by atoms with Crippen molar-refractivity contribution in [3.05, 3.63) is 110 Å². The second-order valence-electron chi connectivity index (χ2n) is 17.2. The lowest BCUT2D eigenvalue weighted by atomic mass is 9.92. The van der Waals surface area contributed by atoms with E-state index in [0.717, 1.165) is 49.6 Å². The van der Waals surface area contributed by atoms with Crippen LogP contribution in [0.1, 0.15) is 91.4 Å². The molecule has 1 aliphatic carbocycles. The summed E-state index contributed by atoms with van der Waals surface area (Å²) in [6, 6.07) is 13.0. The topological polar surface area (TPSA) is 229 Å². The fourth-order valence-electron chi connectivity index (χ4n) is 8.32. The lowest BCUT2D eigenvalue weighted by molar-refractivity contribution is -0.137. The molecule has 2 heterocycles. The van der Waals surface area contributed by atoms with Gasteiger partial charge in [0.2, 0.25) is 17.7 Å². The van der Waals surface area contributed by atoms with Crippen molar-refractivity contribution in [2.75, 3.05) is 30.3 Å². The van der Waals surface area contributed by atoms with E-state index in [1.54, 1.807) is 12.1 Å². The number of benzene rings is 3. The Bertz CT molecular complexity index is 2670. The zero-order chi connectivity index (χ0) is 51.6. The van der Waals surface area contributed by atoms with Crippen LogP contribution in [0.5, 0.6) is 0 Å². The number of rotatable bonds is 25. The zero-order valence-electron chi connectivity index (χ0n) is 38.9. The van der Waals surface area contributed by atoms with Crippen molar-refractivity contribution in [2.45, 2.75) is 88.2 Å². The number of azide groups is 1. The fourth-order valence-corrected chi connectivity index (χ4v) is 12.4. The van der Waals surface area contributed by atoms with E-state index in [0.29, 0.717) is 99.7 Å². The summed E-state index contributed by atoms with van der Waals surface area (Å²) >= 11 is 14.3. The molecule has 24 heteroatoms. The number of ketones is 1. The van der Waals surface area contributed by atoms with Crippen molar-refractivity contribution in [3.8, 4) is 0 Å². The molecule has 4 atom stereocenters. The SMILES string of the molecule is [N-]=[N+]=Nc1ccc(C(=O)NC(CCCCNC(=O)CCCC[C@@H]2SC[C@@H]3CC(=O)C[C@@H]32)C(=O)NCCSSCCC(=O)NNC(=O)/C=C/c2nn(Cc3ccc(Cl)cc3Cl)c3cc(C(F)(F)F)ccc23)cc1. The normalized spacial score (nSPS) is 16.8. The minimum atomic E-state index is -4.60. The van der Waals surface area contributed by atoms with Gasteiger partial charge in [-0.05, 0) is 109 Å². The Morgan fingerprint density at radius 3 is 2.47 bits per heavy atom. The van der Waals surface area contributed by atoms with Gasteiger partial charge in [-0.15, -0.1) is 0 Å². The summed E-state index contributed by atoms with van der Waals surface area (Å²) in [7, 11) is 2.79. The van der Waals surface area contributed by atoms with Gasteiger partial charge >= 0.3 is 6.18 Å². The maximum absolute atomic E-state index is 13.6. The van der Waals surface area contributed by atoms with E-state index in [9.17, 15) is 41.9 Å². The number of nitrogens with one attached hydrogen (secondary N) is 5. The van der Waals surface area contributed by atoms with E-state index >= 15 is 0 Å². The largest absolute Gasteiger partial charge is 0.416 e. The third kappa shape index (κ3) is 17.1. The monoisotopic (exact) mass is 1090 g/mol. The molecule has 16 nitrogen and oxygen atoms in total. The van der Waals surface area contributed by atoms with Gasteiger partial charge in [-0.25, -0.2) is 0 Å². The predicted molar refractivity (Wildman–Crippen MR) is 277 cm³/mol. The van der Waals surface area contributed by atoms with Gasteiger partial charge in [0.05, 0.1) is 23.3 Å². The first-order valence-corrected chi connectivity index (χ1v) is 27.5. The first-order chi connectivity index (χ1) is 34.6. The lowest BCUT2D eigenvalue weighted by Gasteiger charge is -2.19. The highest BCUT2D eigenvalue weighted by molar-refractivity contribution is 8.76. The summed E-state index contributed by atoms with van der Waals surface area (Å²) in [5.41, 5.74) is 14.0. The van der Waals surface area contributed by atoms with Gasteiger partial charge in [0, 0.05) is 93.2 Å². The minimum Gasteiger partial charge on any atom is -0.356 e. The number of amides is 5. The van der Waals surface area contributed by atoms with Crippen molar-refractivity contribution in [1.82, 2.24) is 36.6 Å². The third-order valence-corrected chi connectivity index (χ3v) is 16.6. The Hall–Kier alpha value is -5.38. The quantitative estimate of drug-likeness (QED) is 0.00802. The molecule has 4 aromatic rings. The van der Waals surface area contributed by atoms with Crippen LogP contribution in [0, 0.1) is 11.8 Å². The van der Waals surface area contributed by atoms with Crippen LogP contribution in [0.4, 0.5) is 18.9 Å². The minimum absolute atomic E-state index is 0.0214. The van der Waals surface area contributed by atoms with Crippen LogP contribution in [0.2, 0.25) is 10.0 Å². The Morgan fingerprint density at radius 1 is 0.917 bits per heavy atom. The molecular weight excluding hydrogens is 1040 g/mol. The number of carbonyl (C=O) groups is 6. The van der Waals surface area contributed by atoms with Crippen molar-refractivity contribution >= 4 is 115 Å². The molecule has 2 aliphatic rings. The van der Waals surface area contributed by atoms with Crippen LogP contribution in [0.3, 0.4) is 0 Å². The first kappa shape index (κ1) is 55.9. The average molecular weight is 1090 g/mol. The van der Waals surface area contributed by atoms with Gasteiger partial charge in [0.25, 0.3) is 11.8 Å². The van der Waals surface area contributed by atoms with E-state index < -0.39 is 35.5 Å². The Morgan fingerprint density at radius 2 is 1.71 bits per heavy atom. The van der Waals surface area contributed by atoms with Crippen molar-refractivity contribution in [1.29, 1.82) is 0 Å². The standard InChI is InChI=1S/C48H53Cl2F3N10O6S3/c49-33-12-8-30(38(50)25-33)27-63-41-24-32(48(51,52)53)11-15-36(41)39(61-63)16-17-44(66)59-60-45(67)18-21-71-72-22-20-56-47(69)40(57-46(68)29-9-13-34(14-10-29)58-62-54)5-3-4-19-55-43(65)7-2-1-6-42-37-26-35(64)23-31(37)28-70-42/h8-17,24-25,31,37,40,42H,1-7,18-23,26-28H2,(H,55,65)(H,56,69)(H,57,68)(H,59,66)(H,60,67)/b17-16+/t31-,37-,40?,42-/m0/s1. The van der Waals surface area contributed by atoms with Gasteiger partial charge < -0.3 is 16.0 Å². The van der Waals surface area contributed by atoms with Crippen LogP contribution in [0.15, 0.2) is 71.9 Å². The number of fused-ring (bicyclic) bond motifs is 2. The van der Waals surface area contributed by atoms with Crippen LogP contribution in [0.25, 0.3) is 27.4 Å². The van der Waals surface area contributed by atoms with Crippen molar-refractivity contribution in [3.63, 3.8) is 0 Å². The van der Waals surface area contributed by atoms with Gasteiger partial charge in [-0.2, -0.15) is 30.0 Å². The molecular formula is C48H53Cl2F3N10O6S3. The van der Waals surface area contributed by atoms with E-state index in [1.165, 1.54) is 68.7 Å². The fraction of sp³-hybridized carbons (Fsp3) is 0.438. The molecule has 1 unspecified atom stereocenters. The highest BCUT2D eigenvalue weighted by atomic mass is 35.5. The second kappa shape index (κ2) is 27.6. The zero-order valence-corrected chi connectivity index (χ0v) is 42.8. The first-order valence-electron chi connectivity index (χ1n) is 23.2. The summed E-state index contributed by atoms with van der Waals surface area (Å²) in [5.74, 6) is 1.21.